The van der Waals surface area contributed by atoms with Gasteiger partial charge in [-0.2, -0.15) is 13.7 Å². The Bertz CT molecular complexity index is 873. The molecule has 1 amide bonds. The van der Waals surface area contributed by atoms with Crippen molar-refractivity contribution in [3.8, 4) is 6.07 Å². The Morgan fingerprint density at radius 2 is 2.25 bits per heavy atom. The van der Waals surface area contributed by atoms with Gasteiger partial charge in [0.2, 0.25) is 0 Å². The number of hydrogen-bond acceptors (Lipinski definition) is 5. The highest BCUT2D eigenvalue weighted by Crippen LogP contribution is 2.26. The third kappa shape index (κ3) is 2.37. The number of carbonyl (C=O) groups excluding carboxylic acids is 1. The van der Waals surface area contributed by atoms with E-state index in [9.17, 15) is 17.8 Å². The van der Waals surface area contributed by atoms with Crippen molar-refractivity contribution < 1.29 is 17.8 Å². The zero-order valence-electron chi connectivity index (χ0n) is 9.86. The number of amides is 1. The molecule has 0 aromatic carbocycles. The molecule has 0 aliphatic heterocycles. The first-order valence-electron chi connectivity index (χ1n) is 5.19. The van der Waals surface area contributed by atoms with Crippen LogP contribution in [-0.2, 0) is 14.9 Å². The predicted molar refractivity (Wildman–Crippen MR) is 68.7 cm³/mol. The lowest BCUT2D eigenvalue weighted by Gasteiger charge is -2.00. The topological polar surface area (TPSA) is 150 Å². The van der Waals surface area contributed by atoms with E-state index in [0.717, 1.165) is 12.1 Å². The van der Waals surface area contributed by atoms with E-state index < -0.39 is 16.0 Å². The summed E-state index contributed by atoms with van der Waals surface area (Å²) in [5.41, 5.74) is 5.05. The minimum atomic E-state index is -4.47. The van der Waals surface area contributed by atoms with E-state index in [4.69, 9.17) is 11.0 Å². The fraction of sp³-hybridized carbons (Fsp3) is 0. The highest BCUT2D eigenvalue weighted by Gasteiger charge is 2.18. The molecule has 0 bridgehead atoms. The number of nitrogens with two attached hydrogens (primary N) is 1. The van der Waals surface area contributed by atoms with Gasteiger partial charge in [-0.25, -0.2) is 4.98 Å². The van der Waals surface area contributed by atoms with Gasteiger partial charge >= 0.3 is 0 Å². The Morgan fingerprint density at radius 1 is 1.55 bits per heavy atom. The number of fused-ring (bicyclic) bond motifs is 1. The molecule has 9 heteroatoms. The summed E-state index contributed by atoms with van der Waals surface area (Å²) < 4.78 is 31.8. The molecule has 0 saturated carbocycles. The molecule has 2 aromatic rings. The molecule has 8 nitrogen and oxygen atoms in total. The zero-order chi connectivity index (χ0) is 14.9. The number of nitrogens with zero attached hydrogens (tertiary/aromatic N) is 2. The zero-order valence-corrected chi connectivity index (χ0v) is 10.7. The number of primary amides is 1. The lowest BCUT2D eigenvalue weighted by atomic mass is 10.1. The van der Waals surface area contributed by atoms with E-state index in [2.05, 4.69) is 9.97 Å². The van der Waals surface area contributed by atoms with E-state index in [1.807, 2.05) is 0 Å². The molecule has 20 heavy (non-hydrogen) atoms. The van der Waals surface area contributed by atoms with Crippen molar-refractivity contribution in [2.45, 2.75) is 4.90 Å². The molecule has 102 valence electrons. The highest BCUT2D eigenvalue weighted by atomic mass is 32.2. The summed E-state index contributed by atoms with van der Waals surface area (Å²) in [7, 11) is -4.47. The van der Waals surface area contributed by atoms with Crippen molar-refractivity contribution >= 4 is 33.1 Å². The van der Waals surface area contributed by atoms with Crippen LogP contribution in [0.25, 0.3) is 17.1 Å². The van der Waals surface area contributed by atoms with Crippen molar-refractivity contribution in [2.24, 2.45) is 5.73 Å². The second-order valence-corrected chi connectivity index (χ2v) is 5.18. The summed E-state index contributed by atoms with van der Waals surface area (Å²) in [4.78, 5) is 17.2. The number of nitriles is 1. The maximum atomic E-state index is 11.3. The normalized spacial score (nSPS) is 12.3. The van der Waals surface area contributed by atoms with Gasteiger partial charge in [0, 0.05) is 23.3 Å². The number of aromatic nitrogens is 2. The van der Waals surface area contributed by atoms with Crippen LogP contribution in [0.3, 0.4) is 0 Å². The van der Waals surface area contributed by atoms with Gasteiger partial charge in [-0.3, -0.25) is 9.35 Å². The third-order valence-electron chi connectivity index (χ3n) is 2.53. The minimum absolute atomic E-state index is 0.0731. The standard InChI is InChI=1S/C11H8N4O4S/c12-4-6(10(13)16)3-7-5-15-11-9(7)8(1-2-14-11)20(17,18)19/h1-3,5H,(H2,13,16)(H,14,15)(H,17,18,19)/b6-3-. The molecule has 0 atom stereocenters. The van der Waals surface area contributed by atoms with Crippen LogP contribution in [0.1, 0.15) is 5.56 Å². The van der Waals surface area contributed by atoms with E-state index >= 15 is 0 Å². The van der Waals surface area contributed by atoms with E-state index in [1.54, 1.807) is 6.07 Å². The quantitative estimate of drug-likeness (QED) is 0.418. The largest absolute Gasteiger partial charge is 0.365 e. The number of hydrogen-bond donors (Lipinski definition) is 3. The highest BCUT2D eigenvalue weighted by molar-refractivity contribution is 7.86. The lowest BCUT2D eigenvalue weighted by Crippen LogP contribution is -2.12. The number of aromatic amines is 1. The fourth-order valence-corrected chi connectivity index (χ4v) is 2.40. The van der Waals surface area contributed by atoms with Gasteiger partial charge < -0.3 is 10.7 Å². The van der Waals surface area contributed by atoms with Crippen molar-refractivity contribution in [3.63, 3.8) is 0 Å². The molecule has 4 N–H and O–H groups in total. The van der Waals surface area contributed by atoms with Gasteiger partial charge in [0.15, 0.2) is 0 Å². The van der Waals surface area contributed by atoms with Crippen LogP contribution < -0.4 is 5.73 Å². The molecule has 2 aromatic heterocycles. The van der Waals surface area contributed by atoms with E-state index in [0.29, 0.717) is 0 Å². The maximum Gasteiger partial charge on any atom is 0.295 e. The van der Waals surface area contributed by atoms with Gasteiger partial charge in [0.05, 0.1) is 0 Å². The van der Waals surface area contributed by atoms with Crippen LogP contribution in [0.4, 0.5) is 0 Å². The first-order chi connectivity index (χ1) is 9.34. The van der Waals surface area contributed by atoms with Crippen LogP contribution in [0.5, 0.6) is 0 Å². The number of nitrogens with one attached hydrogen (secondary N) is 1. The molecule has 2 rings (SSSR count). The summed E-state index contributed by atoms with van der Waals surface area (Å²) in [6.45, 7) is 0. The smallest absolute Gasteiger partial charge is 0.295 e. The average Bonchev–Trinajstić information content (AvgIpc) is 2.77. The molecular formula is C11H8N4O4S. The fourth-order valence-electron chi connectivity index (χ4n) is 1.69. The number of carbonyl (C=O) groups is 1. The third-order valence-corrected chi connectivity index (χ3v) is 3.43. The Kier molecular flexibility index (Phi) is 3.27. The average molecular weight is 292 g/mol. The molecule has 0 unspecified atom stereocenters. The summed E-state index contributed by atoms with van der Waals surface area (Å²) >= 11 is 0. The maximum absolute atomic E-state index is 11.3. The second-order valence-electron chi connectivity index (χ2n) is 3.79. The van der Waals surface area contributed by atoms with Crippen molar-refractivity contribution in [2.75, 3.05) is 0 Å². The second kappa shape index (κ2) is 4.76. The van der Waals surface area contributed by atoms with Gasteiger partial charge in [0.25, 0.3) is 16.0 Å². The summed E-state index contributed by atoms with van der Waals surface area (Å²) in [5.74, 6) is -0.945. The van der Waals surface area contributed by atoms with Crippen LogP contribution in [0.2, 0.25) is 0 Å². The summed E-state index contributed by atoms with van der Waals surface area (Å²) in [6, 6.07) is 2.71. The summed E-state index contributed by atoms with van der Waals surface area (Å²) in [5, 5.41) is 8.86. The number of pyridine rings is 1. The molecule has 0 spiro atoms. The summed E-state index contributed by atoms with van der Waals surface area (Å²) in [6.07, 6.45) is 3.68. The van der Waals surface area contributed by atoms with Crippen LogP contribution in [0.15, 0.2) is 28.9 Å². The molecule has 2 heterocycles. The Labute approximate surface area is 113 Å². The van der Waals surface area contributed by atoms with Crippen molar-refractivity contribution in [1.29, 1.82) is 5.26 Å². The Balaban J connectivity index is 2.81. The van der Waals surface area contributed by atoms with Crippen LogP contribution in [-0.4, -0.2) is 28.8 Å². The molecular weight excluding hydrogens is 284 g/mol. The molecule has 0 aliphatic rings. The van der Waals surface area contributed by atoms with E-state index in [-0.39, 0.29) is 27.1 Å². The number of H-pyrrole nitrogens is 1. The SMILES string of the molecule is N#C/C(=C/c1c[nH]c2nccc(S(=O)(=O)O)c12)C(N)=O. The van der Waals surface area contributed by atoms with Gasteiger partial charge in [-0.05, 0) is 12.1 Å². The predicted octanol–water partition coefficient (Wildman–Crippen LogP) is 0.202. The van der Waals surface area contributed by atoms with Crippen LogP contribution in [0, 0.1) is 11.3 Å². The van der Waals surface area contributed by atoms with Crippen molar-refractivity contribution in [3.05, 3.63) is 29.6 Å². The van der Waals surface area contributed by atoms with Crippen molar-refractivity contribution in [1.82, 2.24) is 9.97 Å². The van der Waals surface area contributed by atoms with Gasteiger partial charge in [-0.15, -0.1) is 0 Å². The first-order valence-corrected chi connectivity index (χ1v) is 6.64. The van der Waals surface area contributed by atoms with Crippen LogP contribution >= 0.6 is 0 Å². The Morgan fingerprint density at radius 3 is 2.80 bits per heavy atom. The molecule has 0 aliphatic carbocycles. The minimum Gasteiger partial charge on any atom is -0.365 e. The van der Waals surface area contributed by atoms with E-state index in [1.165, 1.54) is 12.4 Å². The molecule has 0 radical (unpaired) electrons. The van der Waals surface area contributed by atoms with Gasteiger partial charge in [0.1, 0.15) is 22.2 Å². The molecule has 0 fully saturated rings. The molecule has 0 saturated heterocycles. The Hall–Kier alpha value is -2.70. The monoisotopic (exact) mass is 292 g/mol. The first kappa shape index (κ1) is 13.7. The number of rotatable bonds is 3. The van der Waals surface area contributed by atoms with Gasteiger partial charge in [-0.1, -0.05) is 0 Å². The lowest BCUT2D eigenvalue weighted by molar-refractivity contribution is -0.114.